The second kappa shape index (κ2) is 37.6. The minimum absolute atomic E-state index is 0.0113. The minimum atomic E-state index is -1.17. The van der Waals surface area contributed by atoms with Crippen LogP contribution in [0.4, 0.5) is 0 Å². The summed E-state index contributed by atoms with van der Waals surface area (Å²) in [6.45, 7) is 7.44. The molecule has 0 aliphatic heterocycles. The summed E-state index contributed by atoms with van der Waals surface area (Å²) in [6.07, 6.45) is 24.6. The summed E-state index contributed by atoms with van der Waals surface area (Å²) >= 11 is 0. The Morgan fingerprint density at radius 1 is 0.385 bits per heavy atom. The van der Waals surface area contributed by atoms with Crippen LogP contribution in [0.3, 0.4) is 0 Å². The molecule has 0 saturated heterocycles. The van der Waals surface area contributed by atoms with Crippen LogP contribution < -0.4 is 0 Å². The predicted octanol–water partition coefficient (Wildman–Crippen LogP) is 8.59. The summed E-state index contributed by atoms with van der Waals surface area (Å²) in [7, 11) is 0. The van der Waals surface area contributed by atoms with E-state index in [4.69, 9.17) is 14.2 Å². The van der Waals surface area contributed by atoms with Gasteiger partial charge in [0.25, 0.3) is 0 Å². The summed E-state index contributed by atoms with van der Waals surface area (Å²) in [5, 5.41) is 30.9. The molecular formula is C42H81NO9. The smallest absolute Gasteiger partial charge is 0.334 e. The predicted molar refractivity (Wildman–Crippen MR) is 209 cm³/mol. The average molecular weight is 744 g/mol. The lowest BCUT2D eigenvalue weighted by atomic mass is 10.1. The topological polar surface area (TPSA) is 143 Å². The van der Waals surface area contributed by atoms with E-state index in [0.29, 0.717) is 19.3 Å². The van der Waals surface area contributed by atoms with E-state index in [0.717, 1.165) is 57.8 Å². The van der Waals surface area contributed by atoms with Gasteiger partial charge in [0, 0.05) is 19.6 Å². The third-order valence-electron chi connectivity index (χ3n) is 9.77. The Labute approximate surface area is 318 Å². The third-order valence-corrected chi connectivity index (χ3v) is 9.77. The molecule has 0 amide bonds. The van der Waals surface area contributed by atoms with Gasteiger partial charge >= 0.3 is 17.9 Å². The Balaban J connectivity index is 4.62. The number of hydrogen-bond acceptors (Lipinski definition) is 10. The van der Waals surface area contributed by atoms with Crippen LogP contribution in [0.25, 0.3) is 0 Å². The molecule has 3 N–H and O–H groups in total. The highest BCUT2D eigenvalue weighted by molar-refractivity contribution is 5.75. The molecule has 0 heterocycles. The minimum Gasteiger partial charge on any atom is -0.462 e. The highest BCUT2D eigenvalue weighted by atomic mass is 16.6. The van der Waals surface area contributed by atoms with E-state index >= 15 is 0 Å². The van der Waals surface area contributed by atoms with Gasteiger partial charge in [0.1, 0.15) is 19.8 Å². The fourth-order valence-corrected chi connectivity index (χ4v) is 6.22. The van der Waals surface area contributed by atoms with Crippen molar-refractivity contribution in [1.82, 2.24) is 4.90 Å². The van der Waals surface area contributed by atoms with Gasteiger partial charge < -0.3 is 29.5 Å². The number of carbonyl (C=O) groups is 3. The zero-order chi connectivity index (χ0) is 38.5. The highest BCUT2D eigenvalue weighted by Gasteiger charge is 2.20. The molecule has 0 aromatic carbocycles. The molecule has 52 heavy (non-hydrogen) atoms. The lowest BCUT2D eigenvalue weighted by Gasteiger charge is -2.23. The summed E-state index contributed by atoms with van der Waals surface area (Å²) in [6, 6.07) is 0. The number of carbonyl (C=O) groups excluding carboxylic acids is 3. The number of esters is 3. The molecule has 3 unspecified atom stereocenters. The van der Waals surface area contributed by atoms with Crippen LogP contribution >= 0.6 is 0 Å². The first-order valence-electron chi connectivity index (χ1n) is 21.5. The summed E-state index contributed by atoms with van der Waals surface area (Å²) in [5.41, 5.74) is 0. The molecule has 308 valence electrons. The quantitative estimate of drug-likeness (QED) is 0.0318. The number of aliphatic hydroxyl groups excluding tert-OH is 3. The van der Waals surface area contributed by atoms with Crippen LogP contribution in [0, 0.1) is 0 Å². The van der Waals surface area contributed by atoms with Crippen molar-refractivity contribution in [3.8, 4) is 0 Å². The molecule has 0 aromatic rings. The Hall–Kier alpha value is -1.75. The van der Waals surface area contributed by atoms with Gasteiger partial charge in [-0.1, -0.05) is 175 Å². The number of ether oxygens (including phenoxy) is 3. The molecule has 0 radical (unpaired) electrons. The molecule has 0 rings (SSSR count). The lowest BCUT2D eigenvalue weighted by molar-refractivity contribution is -0.155. The van der Waals surface area contributed by atoms with E-state index in [1.54, 1.807) is 0 Å². The van der Waals surface area contributed by atoms with Crippen molar-refractivity contribution in [3.05, 3.63) is 0 Å². The second-order valence-corrected chi connectivity index (χ2v) is 14.7. The first kappa shape index (κ1) is 50.2. The Kier molecular flexibility index (Phi) is 36.3. The standard InChI is InChI=1S/C42H81NO9/c1-4-7-10-13-16-19-22-25-28-37(44)40(47)50-34-31-43(32-35-51-41(48)38(45)29-26-23-20-17-14-11-8-5-2)33-36-52-42(49)39(46)30-27-24-21-18-15-12-9-6-3/h37-39,44-46H,4-36H2,1-3H3. The molecule has 0 aliphatic carbocycles. The molecule has 0 aliphatic rings. The van der Waals surface area contributed by atoms with Crippen LogP contribution in [-0.2, 0) is 28.6 Å². The summed E-state index contributed by atoms with van der Waals surface area (Å²) < 4.78 is 16.0. The van der Waals surface area contributed by atoms with E-state index in [2.05, 4.69) is 20.8 Å². The van der Waals surface area contributed by atoms with Crippen molar-refractivity contribution >= 4 is 17.9 Å². The normalized spacial score (nSPS) is 13.2. The third kappa shape index (κ3) is 31.7. The van der Waals surface area contributed by atoms with Gasteiger partial charge in [0.15, 0.2) is 18.3 Å². The molecule has 0 aromatic heterocycles. The maximum atomic E-state index is 12.4. The number of nitrogens with zero attached hydrogens (tertiary/aromatic N) is 1. The van der Waals surface area contributed by atoms with Gasteiger partial charge in [0.2, 0.25) is 0 Å². The summed E-state index contributed by atoms with van der Waals surface area (Å²) in [5.74, 6) is -1.98. The fraction of sp³-hybridized carbons (Fsp3) is 0.929. The van der Waals surface area contributed by atoms with Gasteiger partial charge in [-0.05, 0) is 19.3 Å². The van der Waals surface area contributed by atoms with Crippen LogP contribution in [0.1, 0.15) is 194 Å². The first-order valence-corrected chi connectivity index (χ1v) is 21.5. The molecule has 0 fully saturated rings. The maximum Gasteiger partial charge on any atom is 0.334 e. The van der Waals surface area contributed by atoms with Crippen LogP contribution in [0.5, 0.6) is 0 Å². The average Bonchev–Trinajstić information content (AvgIpc) is 3.14. The van der Waals surface area contributed by atoms with E-state index in [9.17, 15) is 29.7 Å². The highest BCUT2D eigenvalue weighted by Crippen LogP contribution is 2.14. The Morgan fingerprint density at radius 2 is 0.596 bits per heavy atom. The molecule has 10 nitrogen and oxygen atoms in total. The van der Waals surface area contributed by atoms with Crippen molar-refractivity contribution in [1.29, 1.82) is 0 Å². The van der Waals surface area contributed by atoms with E-state index in [1.807, 2.05) is 4.90 Å². The molecule has 3 atom stereocenters. The maximum absolute atomic E-state index is 12.4. The van der Waals surface area contributed by atoms with Gasteiger partial charge in [-0.25, -0.2) is 14.4 Å². The summed E-state index contributed by atoms with van der Waals surface area (Å²) in [4.78, 5) is 39.0. The molecular weight excluding hydrogens is 662 g/mol. The van der Waals surface area contributed by atoms with Gasteiger partial charge in [0.05, 0.1) is 0 Å². The number of unbranched alkanes of at least 4 members (excludes halogenated alkanes) is 21. The largest absolute Gasteiger partial charge is 0.462 e. The van der Waals surface area contributed by atoms with Crippen molar-refractivity contribution in [2.75, 3.05) is 39.5 Å². The van der Waals surface area contributed by atoms with E-state index < -0.39 is 36.2 Å². The van der Waals surface area contributed by atoms with Gasteiger partial charge in [-0.2, -0.15) is 0 Å². The fourth-order valence-electron chi connectivity index (χ4n) is 6.22. The van der Waals surface area contributed by atoms with Crippen LogP contribution in [0.2, 0.25) is 0 Å². The Bertz CT molecular complexity index is 723. The van der Waals surface area contributed by atoms with Crippen LogP contribution in [0.15, 0.2) is 0 Å². The van der Waals surface area contributed by atoms with Crippen molar-refractivity contribution in [2.45, 2.75) is 212 Å². The molecule has 0 saturated carbocycles. The van der Waals surface area contributed by atoms with Gasteiger partial charge in [-0.15, -0.1) is 0 Å². The number of rotatable bonds is 39. The number of aliphatic hydroxyl groups is 3. The first-order chi connectivity index (χ1) is 25.3. The lowest BCUT2D eigenvalue weighted by Crippen LogP contribution is -2.37. The monoisotopic (exact) mass is 744 g/mol. The van der Waals surface area contributed by atoms with E-state index in [1.165, 1.54) is 96.3 Å². The zero-order valence-electron chi connectivity index (χ0n) is 33.8. The van der Waals surface area contributed by atoms with Crippen molar-refractivity contribution in [3.63, 3.8) is 0 Å². The Morgan fingerprint density at radius 3 is 0.827 bits per heavy atom. The van der Waals surface area contributed by atoms with Gasteiger partial charge in [-0.3, -0.25) is 4.90 Å². The molecule has 10 heteroatoms. The molecule has 0 spiro atoms. The van der Waals surface area contributed by atoms with Crippen molar-refractivity contribution < 1.29 is 43.9 Å². The van der Waals surface area contributed by atoms with Crippen molar-refractivity contribution in [2.24, 2.45) is 0 Å². The van der Waals surface area contributed by atoms with E-state index in [-0.39, 0.29) is 39.5 Å². The molecule has 0 bridgehead atoms. The zero-order valence-corrected chi connectivity index (χ0v) is 33.8. The second-order valence-electron chi connectivity index (χ2n) is 14.7. The number of hydrogen-bond donors (Lipinski definition) is 3. The SMILES string of the molecule is CCCCCCCCCCC(O)C(=O)OCCN(CCOC(=O)C(O)CCCCCCCCCC)CCOC(=O)C(O)CCCCCCCCCC. The van der Waals surface area contributed by atoms with Crippen LogP contribution in [-0.4, -0.2) is 95.9 Å².